The largest absolute Gasteiger partial charge is 0.460 e. The lowest BCUT2D eigenvalue weighted by Crippen LogP contribution is -2.62. The Balaban J connectivity index is 1.49. The number of ether oxygens (including phenoxy) is 5. The van der Waals surface area contributed by atoms with Crippen LogP contribution in [-0.2, 0) is 47.7 Å². The highest BCUT2D eigenvalue weighted by atomic mass is 16.6. The molecule has 1 aromatic heterocycles. The molecule has 5 rings (SSSR count). The third kappa shape index (κ3) is 14.2. The Morgan fingerprint density at radius 3 is 2.32 bits per heavy atom. The molecule has 15 atom stereocenters. The van der Waals surface area contributed by atoms with E-state index in [4.69, 9.17) is 23.7 Å². The maximum absolute atomic E-state index is 14.7. The molecule has 2 unspecified atom stereocenters. The number of hydrogen-bond acceptors (Lipinski definition) is 15. The Bertz CT molecular complexity index is 2020. The average molecular weight is 966 g/mol. The van der Waals surface area contributed by atoms with Crippen LogP contribution in [0.1, 0.15) is 132 Å². The van der Waals surface area contributed by atoms with Gasteiger partial charge in [-0.05, 0) is 117 Å². The van der Waals surface area contributed by atoms with Crippen molar-refractivity contribution >= 4 is 29.2 Å². The summed E-state index contributed by atoms with van der Waals surface area (Å²) < 4.78 is 31.7. The van der Waals surface area contributed by atoms with E-state index >= 15 is 0 Å². The van der Waals surface area contributed by atoms with Crippen molar-refractivity contribution in [2.24, 2.45) is 35.5 Å². The summed E-state index contributed by atoms with van der Waals surface area (Å²) in [4.78, 5) is 72.6. The van der Waals surface area contributed by atoms with E-state index in [0.717, 1.165) is 18.4 Å². The summed E-state index contributed by atoms with van der Waals surface area (Å²) in [5.41, 5.74) is 1.17. The average Bonchev–Trinajstić information content (AvgIpc) is 3.85. The van der Waals surface area contributed by atoms with Crippen LogP contribution in [0.15, 0.2) is 53.9 Å². The summed E-state index contributed by atoms with van der Waals surface area (Å²) in [7, 11) is 4.61. The summed E-state index contributed by atoms with van der Waals surface area (Å²) in [5.74, 6) is -7.95. The number of methoxy groups -OCH3 is 3. The van der Waals surface area contributed by atoms with E-state index in [1.165, 1.54) is 12.0 Å². The quantitative estimate of drug-likeness (QED) is 0.235. The van der Waals surface area contributed by atoms with Gasteiger partial charge in [0.1, 0.15) is 24.6 Å². The van der Waals surface area contributed by atoms with Gasteiger partial charge in [-0.2, -0.15) is 0 Å². The molecule has 1 amide bonds. The van der Waals surface area contributed by atoms with Gasteiger partial charge in [-0.3, -0.25) is 19.2 Å². The number of aromatic nitrogens is 4. The fourth-order valence-electron chi connectivity index (χ4n) is 10.7. The lowest BCUT2D eigenvalue weighted by atomic mass is 9.77. The molecule has 0 aromatic carbocycles. The minimum absolute atomic E-state index is 0.0151. The van der Waals surface area contributed by atoms with Gasteiger partial charge in [0, 0.05) is 58.5 Å². The molecule has 1 aliphatic carbocycles. The number of hydrogen-bond donors (Lipinski definition) is 2. The maximum atomic E-state index is 14.7. The van der Waals surface area contributed by atoms with Crippen molar-refractivity contribution in [3.8, 4) is 0 Å². The minimum atomic E-state index is -2.86. The summed E-state index contributed by atoms with van der Waals surface area (Å²) in [6.45, 7) is 12.8. The van der Waals surface area contributed by atoms with E-state index < -0.39 is 77.8 Å². The monoisotopic (exact) mass is 966 g/mol. The predicted molar refractivity (Wildman–Crippen MR) is 256 cm³/mol. The SMILES string of the molecule is CO[C@H]1C[C@@H]2CC[C@@H](C)C(=O)C(O)(O2)C(=O)N2CCCC[C@H]2C(=O)O[C@H]([C@H](C)C[C@@H]2CC[C@H](n3cnnn3)[C@H](OC)C2)CC(=O)C(C)=CC(C)[C@@H](O)[C@@H](OC)C(=O)[C@H](C)C[C@H](C)C=CC=CC=C1C. The zero-order valence-corrected chi connectivity index (χ0v) is 42.5. The number of nitrogens with zero attached hydrogens (tertiary/aromatic N) is 5. The number of carbonyl (C=O) groups is 5. The van der Waals surface area contributed by atoms with Crippen LogP contribution in [-0.4, -0.2) is 141 Å². The van der Waals surface area contributed by atoms with Gasteiger partial charge in [0.05, 0.1) is 30.5 Å². The number of rotatable bonds is 7. The van der Waals surface area contributed by atoms with Crippen LogP contribution in [0.4, 0.5) is 0 Å². The Hall–Kier alpha value is -4.26. The van der Waals surface area contributed by atoms with Crippen LogP contribution >= 0.6 is 0 Å². The van der Waals surface area contributed by atoms with Crippen molar-refractivity contribution in [1.29, 1.82) is 0 Å². The lowest BCUT2D eigenvalue weighted by Gasteiger charge is -2.40. The van der Waals surface area contributed by atoms with Gasteiger partial charge in [-0.15, -0.1) is 5.10 Å². The molecule has 69 heavy (non-hydrogen) atoms. The van der Waals surface area contributed by atoms with E-state index in [1.807, 2.05) is 58.1 Å². The number of piperidine rings is 1. The second-order valence-electron chi connectivity index (χ2n) is 20.4. The number of Topliss-reactive ketones (excluding diaryl/α,β-unsaturated/α-hetero) is 3. The van der Waals surface area contributed by atoms with Gasteiger partial charge in [0.2, 0.25) is 5.78 Å². The molecule has 3 fully saturated rings. The first-order valence-corrected chi connectivity index (χ1v) is 25.0. The first-order valence-electron chi connectivity index (χ1n) is 25.0. The Morgan fingerprint density at radius 2 is 1.64 bits per heavy atom. The molecule has 1 saturated carbocycles. The van der Waals surface area contributed by atoms with E-state index in [2.05, 4.69) is 15.5 Å². The molecule has 2 N–H and O–H groups in total. The lowest BCUT2D eigenvalue weighted by molar-refractivity contribution is -0.231. The molecule has 17 nitrogen and oxygen atoms in total. The first-order chi connectivity index (χ1) is 32.8. The van der Waals surface area contributed by atoms with Gasteiger partial charge in [-0.1, -0.05) is 71.1 Å². The van der Waals surface area contributed by atoms with Crippen molar-refractivity contribution in [3.05, 3.63) is 53.9 Å². The minimum Gasteiger partial charge on any atom is -0.460 e. The molecule has 2 saturated heterocycles. The number of fused-ring (bicyclic) bond motifs is 3. The van der Waals surface area contributed by atoms with Crippen molar-refractivity contribution in [1.82, 2.24) is 25.1 Å². The van der Waals surface area contributed by atoms with Gasteiger partial charge in [0.25, 0.3) is 5.91 Å². The second kappa shape index (κ2) is 25.7. The molecule has 0 spiro atoms. The molecule has 1 aromatic rings. The van der Waals surface area contributed by atoms with Crippen molar-refractivity contribution in [3.63, 3.8) is 0 Å². The Kier molecular flexibility index (Phi) is 20.8. The highest BCUT2D eigenvalue weighted by Gasteiger charge is 2.55. The van der Waals surface area contributed by atoms with E-state index in [9.17, 15) is 34.2 Å². The molecule has 4 aliphatic rings. The van der Waals surface area contributed by atoms with Crippen molar-refractivity contribution in [2.45, 2.75) is 180 Å². The number of aliphatic hydroxyl groups is 2. The number of cyclic esters (lactones) is 1. The molecule has 3 aliphatic heterocycles. The second-order valence-corrected chi connectivity index (χ2v) is 20.4. The number of amides is 1. The summed E-state index contributed by atoms with van der Waals surface area (Å²) in [6.07, 6.45) is 13.4. The van der Waals surface area contributed by atoms with Gasteiger partial charge in [-0.25, -0.2) is 9.48 Å². The Labute approximate surface area is 408 Å². The fraction of sp³-hybridized carbons (Fsp3) is 0.731. The molecule has 2 bridgehead atoms. The zero-order chi connectivity index (χ0) is 50.6. The Morgan fingerprint density at radius 1 is 0.884 bits per heavy atom. The normalized spacial score (nSPS) is 36.3. The van der Waals surface area contributed by atoms with Gasteiger partial charge < -0.3 is 38.8 Å². The summed E-state index contributed by atoms with van der Waals surface area (Å²) in [6, 6.07) is -1.22. The smallest absolute Gasteiger partial charge is 0.329 e. The van der Waals surface area contributed by atoms with Gasteiger partial charge >= 0.3 is 11.8 Å². The van der Waals surface area contributed by atoms with E-state index in [0.29, 0.717) is 50.5 Å². The molecular weight excluding hydrogens is 887 g/mol. The van der Waals surface area contributed by atoms with Gasteiger partial charge in [0.15, 0.2) is 11.6 Å². The van der Waals surface area contributed by atoms with E-state index in [1.54, 1.807) is 52.1 Å². The first kappa shape index (κ1) is 55.7. The maximum Gasteiger partial charge on any atom is 0.329 e. The number of esters is 1. The number of tetrazole rings is 1. The summed E-state index contributed by atoms with van der Waals surface area (Å²) >= 11 is 0. The van der Waals surface area contributed by atoms with Crippen molar-refractivity contribution < 1.29 is 57.9 Å². The van der Waals surface area contributed by atoms with Crippen LogP contribution in [0.5, 0.6) is 0 Å². The zero-order valence-electron chi connectivity index (χ0n) is 42.5. The van der Waals surface area contributed by atoms with Crippen LogP contribution in [0.3, 0.4) is 0 Å². The van der Waals surface area contributed by atoms with Crippen LogP contribution in [0.2, 0.25) is 0 Å². The highest BCUT2D eigenvalue weighted by Crippen LogP contribution is 2.39. The summed E-state index contributed by atoms with van der Waals surface area (Å²) in [5, 5.41) is 35.4. The molecular formula is C52H79N5O12. The molecule has 17 heteroatoms. The number of allylic oxidation sites excluding steroid dienone is 6. The molecule has 4 heterocycles. The standard InChI is InChI=1S/C52H79N5O12/c1-31-16-12-11-13-17-32(2)43(65-8)28-39-21-19-33(3)49(61)52(64,69-39)51(63)56-23-15-14-18-41(56)50(62)68-44(35(5)26-38-20-22-40(45(27-38)66-9)57-30-53-54-55-57)29-42(58)34(4)25-37(7)47(60)48(67-10)46(59)36(6)24-31/h11-13,16-17,25,30-31,33,35-41,43-45,47-48,60,64H,14-15,18-24,26-29H2,1-10H3/t31-,33-,35-,36-,37?,38+,39+,40+,41+,43+,44+,45-,47-,48+,52?/m1/s1. The highest BCUT2D eigenvalue weighted by molar-refractivity contribution is 6.09. The third-order valence-electron chi connectivity index (χ3n) is 15.1. The number of aliphatic hydroxyl groups excluding tert-OH is 1. The van der Waals surface area contributed by atoms with Crippen LogP contribution < -0.4 is 0 Å². The number of ketones is 3. The van der Waals surface area contributed by atoms with Crippen LogP contribution in [0.25, 0.3) is 0 Å². The van der Waals surface area contributed by atoms with Crippen LogP contribution in [0, 0.1) is 35.5 Å². The third-order valence-corrected chi connectivity index (χ3v) is 15.1. The fourth-order valence-corrected chi connectivity index (χ4v) is 10.7. The van der Waals surface area contributed by atoms with E-state index in [-0.39, 0.29) is 67.3 Å². The molecule has 0 radical (unpaired) electrons. The molecule has 384 valence electrons. The topological polar surface area (TPSA) is 219 Å². The predicted octanol–water partition coefficient (Wildman–Crippen LogP) is 6.05. The number of carbonyl (C=O) groups excluding carboxylic acids is 5. The van der Waals surface area contributed by atoms with Crippen molar-refractivity contribution in [2.75, 3.05) is 27.9 Å².